The summed E-state index contributed by atoms with van der Waals surface area (Å²) >= 11 is 0. The van der Waals surface area contributed by atoms with Gasteiger partial charge in [-0.25, -0.2) is 14.8 Å². The molecule has 0 saturated heterocycles. The molecule has 1 unspecified atom stereocenters. The standard InChI is InChI=1S/C11H15N3O3/c1-6(2)9(11(16)17)14-10(15)8-4-12-5-13-7(8)3/h4-6,9H,1-3H3,(H,14,15)(H,16,17). The van der Waals surface area contributed by atoms with Crippen LogP contribution in [-0.4, -0.2) is 33.0 Å². The number of carbonyl (C=O) groups is 2. The summed E-state index contributed by atoms with van der Waals surface area (Å²) in [6, 6.07) is -0.915. The third-order valence-electron chi connectivity index (χ3n) is 2.38. The molecule has 0 bridgehead atoms. The Morgan fingerprint density at radius 2 is 2.06 bits per heavy atom. The fraction of sp³-hybridized carbons (Fsp3) is 0.455. The number of carboxylic acids is 1. The number of aryl methyl sites for hydroxylation is 1. The topological polar surface area (TPSA) is 92.2 Å². The van der Waals surface area contributed by atoms with Gasteiger partial charge >= 0.3 is 5.97 Å². The van der Waals surface area contributed by atoms with Gasteiger partial charge < -0.3 is 10.4 Å². The van der Waals surface area contributed by atoms with Gasteiger partial charge in [0, 0.05) is 6.20 Å². The highest BCUT2D eigenvalue weighted by Gasteiger charge is 2.24. The largest absolute Gasteiger partial charge is 0.480 e. The van der Waals surface area contributed by atoms with Crippen molar-refractivity contribution in [2.45, 2.75) is 26.8 Å². The molecule has 6 heteroatoms. The molecule has 0 spiro atoms. The second kappa shape index (κ2) is 5.38. The highest BCUT2D eigenvalue weighted by atomic mass is 16.4. The summed E-state index contributed by atoms with van der Waals surface area (Å²) < 4.78 is 0. The molecule has 0 saturated carbocycles. The number of carbonyl (C=O) groups excluding carboxylic acids is 1. The smallest absolute Gasteiger partial charge is 0.326 e. The first-order valence-corrected chi connectivity index (χ1v) is 5.23. The van der Waals surface area contributed by atoms with Crippen LogP contribution in [0.25, 0.3) is 0 Å². The first-order chi connectivity index (χ1) is 7.93. The molecule has 0 aromatic carbocycles. The molecular formula is C11H15N3O3. The van der Waals surface area contributed by atoms with Crippen molar-refractivity contribution in [3.8, 4) is 0 Å². The van der Waals surface area contributed by atoms with E-state index in [1.807, 2.05) is 0 Å². The Labute approximate surface area is 99.1 Å². The summed E-state index contributed by atoms with van der Waals surface area (Å²) in [5, 5.41) is 11.4. The van der Waals surface area contributed by atoms with E-state index in [1.54, 1.807) is 20.8 Å². The maximum atomic E-state index is 11.8. The highest BCUT2D eigenvalue weighted by Crippen LogP contribution is 2.06. The van der Waals surface area contributed by atoms with Crippen molar-refractivity contribution in [1.82, 2.24) is 15.3 Å². The fourth-order valence-corrected chi connectivity index (χ4v) is 1.35. The summed E-state index contributed by atoms with van der Waals surface area (Å²) in [5.74, 6) is -1.71. The summed E-state index contributed by atoms with van der Waals surface area (Å²) in [7, 11) is 0. The number of carboxylic acid groups (broad SMARTS) is 1. The van der Waals surface area contributed by atoms with E-state index >= 15 is 0 Å². The lowest BCUT2D eigenvalue weighted by atomic mass is 10.0. The normalized spacial score (nSPS) is 12.2. The second-order valence-corrected chi connectivity index (χ2v) is 4.06. The van der Waals surface area contributed by atoms with E-state index in [2.05, 4.69) is 15.3 Å². The van der Waals surface area contributed by atoms with Crippen molar-refractivity contribution in [3.63, 3.8) is 0 Å². The molecule has 1 heterocycles. The Hall–Kier alpha value is -1.98. The van der Waals surface area contributed by atoms with Crippen LogP contribution in [-0.2, 0) is 4.79 Å². The molecule has 0 aliphatic carbocycles. The molecule has 1 atom stereocenters. The van der Waals surface area contributed by atoms with Crippen molar-refractivity contribution in [2.24, 2.45) is 5.92 Å². The van der Waals surface area contributed by atoms with Gasteiger partial charge in [0.05, 0.1) is 11.3 Å². The number of amides is 1. The fourth-order valence-electron chi connectivity index (χ4n) is 1.35. The van der Waals surface area contributed by atoms with Crippen LogP contribution >= 0.6 is 0 Å². The van der Waals surface area contributed by atoms with Gasteiger partial charge in [0.15, 0.2) is 0 Å². The minimum atomic E-state index is -1.05. The Bertz CT molecular complexity index is 432. The maximum Gasteiger partial charge on any atom is 0.326 e. The number of hydrogen-bond donors (Lipinski definition) is 2. The average molecular weight is 237 g/mol. The maximum absolute atomic E-state index is 11.8. The molecule has 6 nitrogen and oxygen atoms in total. The van der Waals surface area contributed by atoms with E-state index in [1.165, 1.54) is 12.5 Å². The number of aliphatic carboxylic acids is 1. The molecule has 0 fully saturated rings. The summed E-state index contributed by atoms with van der Waals surface area (Å²) in [6.45, 7) is 5.13. The monoisotopic (exact) mass is 237 g/mol. The van der Waals surface area contributed by atoms with Gasteiger partial charge in [-0.1, -0.05) is 13.8 Å². The lowest BCUT2D eigenvalue weighted by molar-refractivity contribution is -0.140. The van der Waals surface area contributed by atoms with E-state index in [-0.39, 0.29) is 5.92 Å². The van der Waals surface area contributed by atoms with Crippen molar-refractivity contribution < 1.29 is 14.7 Å². The van der Waals surface area contributed by atoms with E-state index in [0.717, 1.165) is 0 Å². The van der Waals surface area contributed by atoms with Crippen LogP contribution in [0.5, 0.6) is 0 Å². The Kier molecular flexibility index (Phi) is 4.14. The number of nitrogens with zero attached hydrogens (tertiary/aromatic N) is 2. The predicted octanol–water partition coefficient (Wildman–Crippen LogP) is 0.624. The number of hydrogen-bond acceptors (Lipinski definition) is 4. The molecule has 0 aliphatic heterocycles. The Morgan fingerprint density at radius 3 is 2.53 bits per heavy atom. The first-order valence-electron chi connectivity index (χ1n) is 5.23. The van der Waals surface area contributed by atoms with E-state index in [4.69, 9.17) is 5.11 Å². The lowest BCUT2D eigenvalue weighted by Crippen LogP contribution is -2.44. The second-order valence-electron chi connectivity index (χ2n) is 4.06. The van der Waals surface area contributed by atoms with E-state index in [9.17, 15) is 9.59 Å². The van der Waals surface area contributed by atoms with Crippen molar-refractivity contribution in [2.75, 3.05) is 0 Å². The van der Waals surface area contributed by atoms with E-state index in [0.29, 0.717) is 11.3 Å². The Balaban J connectivity index is 2.85. The van der Waals surface area contributed by atoms with Crippen LogP contribution in [0.15, 0.2) is 12.5 Å². The number of nitrogens with one attached hydrogen (secondary N) is 1. The number of rotatable bonds is 4. The van der Waals surface area contributed by atoms with Gasteiger partial charge in [0.1, 0.15) is 12.4 Å². The van der Waals surface area contributed by atoms with Gasteiger partial charge in [0.25, 0.3) is 5.91 Å². The van der Waals surface area contributed by atoms with Gasteiger partial charge in [0.2, 0.25) is 0 Å². The van der Waals surface area contributed by atoms with Gasteiger partial charge in [-0.15, -0.1) is 0 Å². The van der Waals surface area contributed by atoms with Crippen LogP contribution in [0.2, 0.25) is 0 Å². The molecule has 1 amide bonds. The number of aromatic nitrogens is 2. The zero-order chi connectivity index (χ0) is 13.0. The third kappa shape index (κ3) is 3.24. The lowest BCUT2D eigenvalue weighted by Gasteiger charge is -2.18. The molecule has 2 N–H and O–H groups in total. The van der Waals surface area contributed by atoms with Crippen molar-refractivity contribution >= 4 is 11.9 Å². The van der Waals surface area contributed by atoms with Gasteiger partial charge in [-0.2, -0.15) is 0 Å². The molecule has 17 heavy (non-hydrogen) atoms. The quantitative estimate of drug-likeness (QED) is 0.801. The molecular weight excluding hydrogens is 222 g/mol. The molecule has 1 aromatic heterocycles. The van der Waals surface area contributed by atoms with Crippen LogP contribution in [0, 0.1) is 12.8 Å². The zero-order valence-corrected chi connectivity index (χ0v) is 9.97. The average Bonchev–Trinajstić information content (AvgIpc) is 2.25. The first kappa shape index (κ1) is 13.1. The molecule has 0 aliphatic rings. The predicted molar refractivity (Wildman–Crippen MR) is 60.5 cm³/mol. The van der Waals surface area contributed by atoms with Crippen LogP contribution in [0.3, 0.4) is 0 Å². The summed E-state index contributed by atoms with van der Waals surface area (Å²) in [6.07, 6.45) is 2.71. The Morgan fingerprint density at radius 1 is 1.41 bits per heavy atom. The van der Waals surface area contributed by atoms with Gasteiger partial charge in [-0.3, -0.25) is 4.79 Å². The molecule has 1 rings (SSSR count). The molecule has 0 radical (unpaired) electrons. The summed E-state index contributed by atoms with van der Waals surface area (Å²) in [5.41, 5.74) is 0.810. The minimum absolute atomic E-state index is 0.193. The SMILES string of the molecule is Cc1ncncc1C(=O)NC(C(=O)O)C(C)C. The van der Waals surface area contributed by atoms with Crippen LogP contribution < -0.4 is 5.32 Å². The zero-order valence-electron chi connectivity index (χ0n) is 9.97. The van der Waals surface area contributed by atoms with Crippen molar-refractivity contribution in [1.29, 1.82) is 0 Å². The van der Waals surface area contributed by atoms with E-state index < -0.39 is 17.9 Å². The minimum Gasteiger partial charge on any atom is -0.480 e. The van der Waals surface area contributed by atoms with Crippen LogP contribution in [0.1, 0.15) is 29.9 Å². The molecule has 1 aromatic rings. The van der Waals surface area contributed by atoms with Gasteiger partial charge in [-0.05, 0) is 12.8 Å². The van der Waals surface area contributed by atoms with Crippen LogP contribution in [0.4, 0.5) is 0 Å². The molecule has 92 valence electrons. The third-order valence-corrected chi connectivity index (χ3v) is 2.38. The summed E-state index contributed by atoms with van der Waals surface area (Å²) in [4.78, 5) is 30.4. The highest BCUT2D eigenvalue weighted by molar-refractivity contribution is 5.97. The van der Waals surface area contributed by atoms with Crippen molar-refractivity contribution in [3.05, 3.63) is 23.8 Å².